The van der Waals surface area contributed by atoms with Crippen LogP contribution < -0.4 is 4.31 Å². The van der Waals surface area contributed by atoms with Crippen molar-refractivity contribution in [2.24, 2.45) is 0 Å². The Morgan fingerprint density at radius 2 is 1.79 bits per heavy atom. The van der Waals surface area contributed by atoms with Crippen LogP contribution in [0.3, 0.4) is 0 Å². The lowest BCUT2D eigenvalue weighted by molar-refractivity contribution is 0.585. The van der Waals surface area contributed by atoms with Crippen LogP contribution in [0.1, 0.15) is 30.4 Å². The van der Waals surface area contributed by atoms with Crippen LogP contribution in [0.4, 0.5) is 10.1 Å². The number of para-hydroxylation sites is 1. The van der Waals surface area contributed by atoms with Gasteiger partial charge in [0.15, 0.2) is 0 Å². The number of hydrogen-bond donors (Lipinski definition) is 0. The Morgan fingerprint density at radius 1 is 1.08 bits per heavy atom. The van der Waals surface area contributed by atoms with E-state index in [0.717, 1.165) is 35.1 Å². The van der Waals surface area contributed by atoms with Crippen LogP contribution in [0.15, 0.2) is 54.1 Å². The maximum Gasteiger partial charge on any atom is 0.241 e. The molecule has 1 aliphatic carbocycles. The molecule has 0 spiro atoms. The highest BCUT2D eigenvalue weighted by molar-refractivity contribution is 7.93. The molecule has 0 saturated heterocycles. The summed E-state index contributed by atoms with van der Waals surface area (Å²) in [5.41, 5.74) is 4.35. The van der Waals surface area contributed by atoms with E-state index in [1.807, 2.05) is 24.3 Å². The molecule has 1 fully saturated rings. The minimum absolute atomic E-state index is 0.293. The van der Waals surface area contributed by atoms with Gasteiger partial charge in [0.25, 0.3) is 0 Å². The zero-order valence-electron chi connectivity index (χ0n) is 13.4. The second-order valence-corrected chi connectivity index (χ2v) is 8.46. The number of anilines is 1. The Kier molecular flexibility index (Phi) is 3.49. The van der Waals surface area contributed by atoms with E-state index >= 15 is 0 Å². The standard InChI is InChI=1S/C19H18FNO2S/c1-21-17-7-3-2-5-15(17)19(13-9-11-14(20)12-10-13)16-6-4-8-18(16)24(21,22)23/h2-3,5,7,9-12,18H,4,6,8H2,1H3/t18-/m0/s1. The van der Waals surface area contributed by atoms with Gasteiger partial charge in [0.05, 0.1) is 5.69 Å². The summed E-state index contributed by atoms with van der Waals surface area (Å²) in [4.78, 5) is 0. The van der Waals surface area contributed by atoms with Gasteiger partial charge in [-0.25, -0.2) is 12.8 Å². The molecule has 24 heavy (non-hydrogen) atoms. The first-order chi connectivity index (χ1) is 11.5. The number of rotatable bonds is 1. The smallest absolute Gasteiger partial charge is 0.241 e. The van der Waals surface area contributed by atoms with Crippen molar-refractivity contribution in [3.8, 4) is 0 Å². The third kappa shape index (κ3) is 2.18. The zero-order valence-corrected chi connectivity index (χ0v) is 14.2. The molecule has 1 saturated carbocycles. The Morgan fingerprint density at radius 3 is 2.54 bits per heavy atom. The summed E-state index contributed by atoms with van der Waals surface area (Å²) >= 11 is 0. The highest BCUT2D eigenvalue weighted by atomic mass is 32.2. The first-order valence-corrected chi connectivity index (χ1v) is 9.56. The lowest BCUT2D eigenvalue weighted by Gasteiger charge is -2.22. The fourth-order valence-electron chi connectivity index (χ4n) is 3.85. The average molecular weight is 343 g/mol. The van der Waals surface area contributed by atoms with E-state index in [2.05, 4.69) is 0 Å². The largest absolute Gasteiger partial charge is 0.272 e. The summed E-state index contributed by atoms with van der Waals surface area (Å²) in [7, 11) is -1.81. The predicted octanol–water partition coefficient (Wildman–Crippen LogP) is 3.96. The number of hydrogen-bond acceptors (Lipinski definition) is 2. The van der Waals surface area contributed by atoms with Crippen LogP contribution in [0, 0.1) is 5.82 Å². The molecule has 0 aromatic heterocycles. The first kappa shape index (κ1) is 15.4. The molecule has 0 unspecified atom stereocenters. The molecule has 5 heteroatoms. The number of sulfonamides is 1. The molecule has 1 heterocycles. The Hall–Kier alpha value is -2.14. The fraction of sp³-hybridized carbons (Fsp3) is 0.263. The summed E-state index contributed by atoms with van der Waals surface area (Å²) in [6.45, 7) is 0. The molecule has 0 radical (unpaired) electrons. The highest BCUT2D eigenvalue weighted by Crippen LogP contribution is 2.46. The minimum atomic E-state index is -3.44. The van der Waals surface area contributed by atoms with Crippen molar-refractivity contribution in [1.82, 2.24) is 0 Å². The molecule has 0 bridgehead atoms. The first-order valence-electron chi connectivity index (χ1n) is 8.06. The summed E-state index contributed by atoms with van der Waals surface area (Å²) in [5.74, 6) is -0.293. The van der Waals surface area contributed by atoms with Crippen molar-refractivity contribution in [1.29, 1.82) is 0 Å². The van der Waals surface area contributed by atoms with E-state index < -0.39 is 15.3 Å². The maximum atomic E-state index is 13.4. The minimum Gasteiger partial charge on any atom is -0.272 e. The van der Waals surface area contributed by atoms with Crippen molar-refractivity contribution in [3.05, 3.63) is 71.0 Å². The number of nitrogens with zero attached hydrogens (tertiary/aromatic N) is 1. The molecule has 1 atom stereocenters. The topological polar surface area (TPSA) is 37.4 Å². The van der Waals surface area contributed by atoms with Crippen molar-refractivity contribution >= 4 is 21.3 Å². The molecule has 3 nitrogen and oxygen atoms in total. The van der Waals surface area contributed by atoms with Crippen molar-refractivity contribution in [3.63, 3.8) is 0 Å². The average Bonchev–Trinajstić information content (AvgIpc) is 3.04. The van der Waals surface area contributed by atoms with E-state index in [9.17, 15) is 12.8 Å². The van der Waals surface area contributed by atoms with Gasteiger partial charge < -0.3 is 0 Å². The third-order valence-electron chi connectivity index (χ3n) is 5.01. The second-order valence-electron chi connectivity index (χ2n) is 6.32. The summed E-state index contributed by atoms with van der Waals surface area (Å²) in [5, 5.41) is -0.491. The van der Waals surface area contributed by atoms with Gasteiger partial charge in [-0.05, 0) is 54.2 Å². The monoisotopic (exact) mass is 343 g/mol. The van der Waals surface area contributed by atoms with Crippen LogP contribution >= 0.6 is 0 Å². The second kappa shape index (κ2) is 5.45. The van der Waals surface area contributed by atoms with Crippen LogP contribution in [0.25, 0.3) is 5.57 Å². The Bertz CT molecular complexity index is 932. The number of benzene rings is 2. The van der Waals surface area contributed by atoms with Gasteiger partial charge >= 0.3 is 0 Å². The van der Waals surface area contributed by atoms with Crippen molar-refractivity contribution in [2.45, 2.75) is 24.5 Å². The molecule has 4 rings (SSSR count). The van der Waals surface area contributed by atoms with Gasteiger partial charge in [-0.15, -0.1) is 0 Å². The summed E-state index contributed by atoms with van der Waals surface area (Å²) in [6.07, 6.45) is 2.26. The molecule has 2 aliphatic rings. The van der Waals surface area contributed by atoms with Crippen LogP contribution in [0.2, 0.25) is 0 Å². The third-order valence-corrected chi connectivity index (χ3v) is 7.21. The van der Waals surface area contributed by atoms with E-state index in [1.54, 1.807) is 19.2 Å². The quantitative estimate of drug-likeness (QED) is 0.786. The summed E-state index contributed by atoms with van der Waals surface area (Å²) in [6, 6.07) is 13.9. The summed E-state index contributed by atoms with van der Waals surface area (Å²) < 4.78 is 40.9. The van der Waals surface area contributed by atoms with Crippen LogP contribution in [-0.4, -0.2) is 20.7 Å². The molecule has 2 aromatic carbocycles. The van der Waals surface area contributed by atoms with Gasteiger partial charge in [-0.1, -0.05) is 30.3 Å². The molecular formula is C19H18FNO2S. The molecule has 124 valence electrons. The van der Waals surface area contributed by atoms with E-state index in [4.69, 9.17) is 0 Å². The Balaban J connectivity index is 2.07. The Labute approximate surface area is 141 Å². The lowest BCUT2D eigenvalue weighted by Crippen LogP contribution is -2.34. The van der Waals surface area contributed by atoms with E-state index in [0.29, 0.717) is 12.1 Å². The van der Waals surface area contributed by atoms with Gasteiger partial charge in [-0.2, -0.15) is 0 Å². The molecule has 1 aliphatic heterocycles. The van der Waals surface area contributed by atoms with Crippen LogP contribution in [0.5, 0.6) is 0 Å². The number of fused-ring (bicyclic) bond motifs is 2. The maximum absolute atomic E-state index is 13.4. The van der Waals surface area contributed by atoms with Crippen molar-refractivity contribution in [2.75, 3.05) is 11.4 Å². The number of halogens is 1. The van der Waals surface area contributed by atoms with Gasteiger partial charge in [0, 0.05) is 12.6 Å². The van der Waals surface area contributed by atoms with Gasteiger partial charge in [0.1, 0.15) is 11.1 Å². The normalized spacial score (nSPS) is 22.1. The SMILES string of the molecule is CN1c2ccccc2C(c2ccc(F)cc2)=C2CCC[C@@H]2S1(=O)=O. The molecule has 0 amide bonds. The van der Waals surface area contributed by atoms with Crippen LogP contribution in [-0.2, 0) is 10.0 Å². The van der Waals surface area contributed by atoms with Gasteiger partial charge in [0.2, 0.25) is 10.0 Å². The molecule has 0 N–H and O–H groups in total. The van der Waals surface area contributed by atoms with Crippen molar-refractivity contribution < 1.29 is 12.8 Å². The van der Waals surface area contributed by atoms with E-state index in [1.165, 1.54) is 16.4 Å². The fourth-order valence-corrected chi connectivity index (χ4v) is 5.72. The lowest BCUT2D eigenvalue weighted by atomic mass is 9.91. The molecule has 2 aromatic rings. The predicted molar refractivity (Wildman–Crippen MR) is 93.8 cm³/mol. The van der Waals surface area contributed by atoms with Gasteiger partial charge in [-0.3, -0.25) is 4.31 Å². The van der Waals surface area contributed by atoms with E-state index in [-0.39, 0.29) is 5.82 Å². The highest BCUT2D eigenvalue weighted by Gasteiger charge is 2.41. The molecular weight excluding hydrogens is 325 g/mol. The zero-order chi connectivity index (χ0) is 16.9.